The summed E-state index contributed by atoms with van der Waals surface area (Å²) >= 11 is 0. The SMILES string of the molecule is COC(=O)CS(=O)(=O)Nc1ccc2c(c1)CNCC2. The van der Waals surface area contributed by atoms with Crippen molar-refractivity contribution in [2.45, 2.75) is 13.0 Å². The summed E-state index contributed by atoms with van der Waals surface area (Å²) in [6.45, 7) is 1.66. The number of anilines is 1. The van der Waals surface area contributed by atoms with Crippen molar-refractivity contribution in [3.63, 3.8) is 0 Å². The molecule has 2 N–H and O–H groups in total. The molecule has 0 aromatic heterocycles. The van der Waals surface area contributed by atoms with E-state index in [2.05, 4.69) is 14.8 Å². The lowest BCUT2D eigenvalue weighted by molar-refractivity contribution is -0.137. The fourth-order valence-corrected chi connectivity index (χ4v) is 2.96. The number of nitrogens with one attached hydrogen (secondary N) is 2. The normalized spacial score (nSPS) is 14.6. The Morgan fingerprint density at radius 2 is 2.21 bits per heavy atom. The molecule has 104 valence electrons. The van der Waals surface area contributed by atoms with Gasteiger partial charge in [0.2, 0.25) is 10.0 Å². The first kappa shape index (κ1) is 13.8. The first-order valence-corrected chi connectivity index (χ1v) is 7.55. The molecule has 1 aromatic carbocycles. The number of sulfonamides is 1. The number of ether oxygens (including phenoxy) is 1. The van der Waals surface area contributed by atoms with Crippen LogP contribution < -0.4 is 10.0 Å². The Bertz CT molecular complexity index is 583. The van der Waals surface area contributed by atoms with Gasteiger partial charge >= 0.3 is 5.97 Å². The summed E-state index contributed by atoms with van der Waals surface area (Å²) in [5, 5.41) is 3.22. The van der Waals surface area contributed by atoms with Crippen LogP contribution in [0.4, 0.5) is 5.69 Å². The number of benzene rings is 1. The van der Waals surface area contributed by atoms with Crippen molar-refractivity contribution < 1.29 is 17.9 Å². The number of methoxy groups -OCH3 is 1. The van der Waals surface area contributed by atoms with E-state index >= 15 is 0 Å². The Morgan fingerprint density at radius 1 is 1.42 bits per heavy atom. The van der Waals surface area contributed by atoms with Gasteiger partial charge in [0, 0.05) is 12.2 Å². The number of hydrogen-bond acceptors (Lipinski definition) is 5. The molecular weight excluding hydrogens is 268 g/mol. The van der Waals surface area contributed by atoms with Gasteiger partial charge in [0.25, 0.3) is 0 Å². The predicted molar refractivity (Wildman–Crippen MR) is 71.3 cm³/mol. The molecule has 1 aromatic rings. The van der Waals surface area contributed by atoms with Gasteiger partial charge in [-0.1, -0.05) is 6.07 Å². The maximum Gasteiger partial charge on any atom is 0.322 e. The topological polar surface area (TPSA) is 84.5 Å². The van der Waals surface area contributed by atoms with Crippen molar-refractivity contribution in [2.75, 3.05) is 24.1 Å². The maximum atomic E-state index is 11.7. The molecule has 0 spiro atoms. The highest BCUT2D eigenvalue weighted by Gasteiger charge is 2.17. The molecular formula is C12H16N2O4S. The Balaban J connectivity index is 2.13. The monoisotopic (exact) mass is 284 g/mol. The molecule has 0 fully saturated rings. The molecule has 1 aliphatic heterocycles. The Labute approximate surface area is 112 Å². The highest BCUT2D eigenvalue weighted by Crippen LogP contribution is 2.19. The van der Waals surface area contributed by atoms with Gasteiger partial charge in [-0.2, -0.15) is 0 Å². The van der Waals surface area contributed by atoms with Crippen molar-refractivity contribution in [2.24, 2.45) is 0 Å². The second-order valence-electron chi connectivity index (χ2n) is 4.35. The van der Waals surface area contributed by atoms with Crippen molar-refractivity contribution in [1.29, 1.82) is 0 Å². The number of fused-ring (bicyclic) bond motifs is 1. The molecule has 7 heteroatoms. The van der Waals surface area contributed by atoms with Crippen molar-refractivity contribution in [1.82, 2.24) is 5.32 Å². The molecule has 1 aliphatic rings. The second-order valence-corrected chi connectivity index (χ2v) is 6.07. The van der Waals surface area contributed by atoms with E-state index in [-0.39, 0.29) is 0 Å². The third kappa shape index (κ3) is 3.68. The summed E-state index contributed by atoms with van der Waals surface area (Å²) in [6, 6.07) is 5.40. The molecule has 0 radical (unpaired) electrons. The summed E-state index contributed by atoms with van der Waals surface area (Å²) < 4.78 is 30.1. The Morgan fingerprint density at radius 3 is 2.95 bits per heavy atom. The van der Waals surface area contributed by atoms with Crippen molar-refractivity contribution >= 4 is 21.7 Å². The lowest BCUT2D eigenvalue weighted by Gasteiger charge is -2.18. The molecule has 19 heavy (non-hydrogen) atoms. The molecule has 2 rings (SSSR count). The van der Waals surface area contributed by atoms with Gasteiger partial charge < -0.3 is 10.1 Å². The van der Waals surface area contributed by atoms with E-state index in [9.17, 15) is 13.2 Å². The largest absolute Gasteiger partial charge is 0.468 e. The standard InChI is InChI=1S/C12H16N2O4S/c1-18-12(15)8-19(16,17)14-11-3-2-9-4-5-13-7-10(9)6-11/h2-3,6,13-14H,4-5,7-8H2,1H3. The third-order valence-corrected chi connectivity index (χ3v) is 4.06. The summed E-state index contributed by atoms with van der Waals surface area (Å²) in [5.41, 5.74) is 2.76. The second kappa shape index (κ2) is 5.58. The Kier molecular flexibility index (Phi) is 4.06. The van der Waals surface area contributed by atoms with Crippen LogP contribution in [0.25, 0.3) is 0 Å². The summed E-state index contributed by atoms with van der Waals surface area (Å²) in [6.07, 6.45) is 0.935. The highest BCUT2D eigenvalue weighted by molar-refractivity contribution is 7.93. The molecule has 0 bridgehead atoms. The van der Waals surface area contributed by atoms with Gasteiger partial charge in [0.1, 0.15) is 0 Å². The minimum absolute atomic E-state index is 0.464. The summed E-state index contributed by atoms with van der Waals surface area (Å²) in [7, 11) is -2.56. The van der Waals surface area contributed by atoms with E-state index < -0.39 is 21.7 Å². The molecule has 0 atom stereocenters. The fraction of sp³-hybridized carbons (Fsp3) is 0.417. The lowest BCUT2D eigenvalue weighted by atomic mass is 10.0. The van der Waals surface area contributed by atoms with Gasteiger partial charge in [-0.3, -0.25) is 9.52 Å². The van der Waals surface area contributed by atoms with E-state index in [0.717, 1.165) is 32.2 Å². The van der Waals surface area contributed by atoms with E-state index in [4.69, 9.17) is 0 Å². The van der Waals surface area contributed by atoms with Gasteiger partial charge in [0.05, 0.1) is 7.11 Å². The molecule has 0 saturated heterocycles. The number of carbonyl (C=O) groups is 1. The van der Waals surface area contributed by atoms with E-state index in [0.29, 0.717) is 5.69 Å². The molecule has 0 saturated carbocycles. The zero-order valence-electron chi connectivity index (χ0n) is 10.6. The van der Waals surface area contributed by atoms with E-state index in [1.165, 1.54) is 5.56 Å². The van der Waals surface area contributed by atoms with Crippen LogP contribution in [0.1, 0.15) is 11.1 Å². The fourth-order valence-electron chi connectivity index (χ4n) is 1.97. The predicted octanol–water partition coefficient (Wildman–Crippen LogP) is 0.247. The van der Waals surface area contributed by atoms with E-state index in [1.807, 2.05) is 6.07 Å². The average molecular weight is 284 g/mol. The maximum absolute atomic E-state index is 11.7. The zero-order valence-corrected chi connectivity index (χ0v) is 11.4. The number of hydrogen-bond donors (Lipinski definition) is 2. The smallest absolute Gasteiger partial charge is 0.322 e. The van der Waals surface area contributed by atoms with Crippen LogP contribution in [0.3, 0.4) is 0 Å². The number of rotatable bonds is 4. The van der Waals surface area contributed by atoms with Crippen molar-refractivity contribution in [3.8, 4) is 0 Å². The van der Waals surface area contributed by atoms with Crippen LogP contribution in [0.2, 0.25) is 0 Å². The summed E-state index contributed by atoms with van der Waals surface area (Å²) in [5.74, 6) is -1.47. The van der Waals surface area contributed by atoms with Crippen LogP contribution in [0.15, 0.2) is 18.2 Å². The lowest BCUT2D eigenvalue weighted by Crippen LogP contribution is -2.25. The summed E-state index contributed by atoms with van der Waals surface area (Å²) in [4.78, 5) is 11.0. The first-order valence-electron chi connectivity index (χ1n) is 5.90. The average Bonchev–Trinajstić information content (AvgIpc) is 2.37. The van der Waals surface area contributed by atoms with Crippen molar-refractivity contribution in [3.05, 3.63) is 29.3 Å². The van der Waals surface area contributed by atoms with Gasteiger partial charge in [-0.15, -0.1) is 0 Å². The first-order chi connectivity index (χ1) is 9.00. The molecule has 0 aliphatic carbocycles. The minimum Gasteiger partial charge on any atom is -0.468 e. The zero-order chi connectivity index (χ0) is 13.9. The van der Waals surface area contributed by atoms with E-state index in [1.54, 1.807) is 12.1 Å². The number of esters is 1. The van der Waals surface area contributed by atoms with Crippen LogP contribution >= 0.6 is 0 Å². The third-order valence-electron chi connectivity index (χ3n) is 2.90. The molecule has 0 amide bonds. The molecule has 0 unspecified atom stereocenters. The molecule has 1 heterocycles. The molecule has 6 nitrogen and oxygen atoms in total. The van der Waals surface area contributed by atoms with Gasteiger partial charge in [-0.05, 0) is 36.2 Å². The highest BCUT2D eigenvalue weighted by atomic mass is 32.2. The van der Waals surface area contributed by atoms with Gasteiger partial charge in [0.15, 0.2) is 5.75 Å². The van der Waals surface area contributed by atoms with Crippen LogP contribution in [0, 0.1) is 0 Å². The van der Waals surface area contributed by atoms with Crippen LogP contribution in [-0.2, 0) is 32.5 Å². The van der Waals surface area contributed by atoms with Gasteiger partial charge in [-0.25, -0.2) is 8.42 Å². The minimum atomic E-state index is -3.72. The van der Waals surface area contributed by atoms with Crippen LogP contribution in [-0.4, -0.2) is 33.8 Å². The quantitative estimate of drug-likeness (QED) is 0.774. The van der Waals surface area contributed by atoms with Crippen LogP contribution in [0.5, 0.6) is 0 Å². The number of carbonyl (C=O) groups excluding carboxylic acids is 1. The Hall–Kier alpha value is -1.60.